The van der Waals surface area contributed by atoms with Crippen LogP contribution in [0.3, 0.4) is 0 Å². The Morgan fingerprint density at radius 2 is 2.00 bits per heavy atom. The molecule has 0 aliphatic heterocycles. The summed E-state index contributed by atoms with van der Waals surface area (Å²) in [5.41, 5.74) is 0. The van der Waals surface area contributed by atoms with Gasteiger partial charge in [-0.25, -0.2) is 0 Å². The van der Waals surface area contributed by atoms with Crippen LogP contribution in [0, 0.1) is 0 Å². The van der Waals surface area contributed by atoms with Crippen molar-refractivity contribution in [1.29, 1.82) is 0 Å². The third-order valence-electron chi connectivity index (χ3n) is 1.32. The third-order valence-corrected chi connectivity index (χ3v) is 1.32. The second-order valence-corrected chi connectivity index (χ2v) is 2.49. The SMILES string of the molecule is CCOCC(O)COCCNC. The molecule has 0 saturated heterocycles. The van der Waals surface area contributed by atoms with Gasteiger partial charge in [-0.1, -0.05) is 0 Å². The van der Waals surface area contributed by atoms with E-state index in [2.05, 4.69) is 5.32 Å². The van der Waals surface area contributed by atoms with Crippen LogP contribution in [-0.2, 0) is 9.47 Å². The standard InChI is InChI=1S/C8H19NO3/c1-3-11-6-8(10)7-12-5-4-9-2/h8-10H,3-7H2,1-2H3. The molecule has 4 heteroatoms. The minimum Gasteiger partial charge on any atom is -0.388 e. The van der Waals surface area contributed by atoms with E-state index in [-0.39, 0.29) is 0 Å². The van der Waals surface area contributed by atoms with E-state index in [9.17, 15) is 5.11 Å². The van der Waals surface area contributed by atoms with E-state index in [0.717, 1.165) is 6.54 Å². The van der Waals surface area contributed by atoms with E-state index in [4.69, 9.17) is 9.47 Å². The maximum Gasteiger partial charge on any atom is 0.101 e. The maximum absolute atomic E-state index is 9.21. The molecule has 0 bridgehead atoms. The molecule has 1 atom stereocenters. The van der Waals surface area contributed by atoms with Crippen LogP contribution in [0.15, 0.2) is 0 Å². The zero-order chi connectivity index (χ0) is 9.23. The molecule has 0 spiro atoms. The molecule has 1 unspecified atom stereocenters. The molecule has 0 aromatic carbocycles. The number of aliphatic hydroxyl groups is 1. The van der Waals surface area contributed by atoms with Gasteiger partial charge in [0.25, 0.3) is 0 Å². The number of ether oxygens (including phenoxy) is 2. The molecule has 0 aliphatic rings. The second-order valence-electron chi connectivity index (χ2n) is 2.49. The molecule has 2 N–H and O–H groups in total. The molecule has 0 aromatic rings. The quantitative estimate of drug-likeness (QED) is 0.496. The van der Waals surface area contributed by atoms with Crippen molar-refractivity contribution in [3.05, 3.63) is 0 Å². The van der Waals surface area contributed by atoms with Crippen molar-refractivity contribution in [2.24, 2.45) is 0 Å². The van der Waals surface area contributed by atoms with Crippen molar-refractivity contribution in [2.45, 2.75) is 13.0 Å². The highest BCUT2D eigenvalue weighted by Gasteiger charge is 2.02. The van der Waals surface area contributed by atoms with Crippen LogP contribution in [0.25, 0.3) is 0 Å². The van der Waals surface area contributed by atoms with Gasteiger partial charge in [0, 0.05) is 13.2 Å². The van der Waals surface area contributed by atoms with E-state index >= 15 is 0 Å². The first kappa shape index (κ1) is 11.8. The van der Waals surface area contributed by atoms with E-state index in [1.165, 1.54) is 0 Å². The van der Waals surface area contributed by atoms with Gasteiger partial charge < -0.3 is 19.9 Å². The van der Waals surface area contributed by atoms with Gasteiger partial charge in [-0.2, -0.15) is 0 Å². The topological polar surface area (TPSA) is 50.7 Å². The van der Waals surface area contributed by atoms with Gasteiger partial charge in [-0.05, 0) is 14.0 Å². The van der Waals surface area contributed by atoms with Crippen LogP contribution >= 0.6 is 0 Å². The third kappa shape index (κ3) is 7.94. The number of nitrogens with one attached hydrogen (secondary N) is 1. The highest BCUT2D eigenvalue weighted by molar-refractivity contribution is 4.50. The number of aliphatic hydroxyl groups excluding tert-OH is 1. The molecule has 0 aromatic heterocycles. The number of hydrogen-bond donors (Lipinski definition) is 2. The van der Waals surface area contributed by atoms with Gasteiger partial charge in [0.1, 0.15) is 6.10 Å². The Kier molecular flexibility index (Phi) is 8.81. The molecule has 0 heterocycles. The van der Waals surface area contributed by atoms with Gasteiger partial charge >= 0.3 is 0 Å². The van der Waals surface area contributed by atoms with E-state index in [1.54, 1.807) is 0 Å². The fraction of sp³-hybridized carbons (Fsp3) is 1.00. The average Bonchev–Trinajstić information content (AvgIpc) is 2.09. The summed E-state index contributed by atoms with van der Waals surface area (Å²) in [5, 5.41) is 12.2. The summed E-state index contributed by atoms with van der Waals surface area (Å²) >= 11 is 0. The van der Waals surface area contributed by atoms with E-state index < -0.39 is 6.10 Å². The van der Waals surface area contributed by atoms with Gasteiger partial charge in [0.15, 0.2) is 0 Å². The van der Waals surface area contributed by atoms with Crippen LogP contribution < -0.4 is 5.32 Å². The number of rotatable bonds is 8. The first-order valence-corrected chi connectivity index (χ1v) is 4.29. The van der Waals surface area contributed by atoms with Gasteiger partial charge in [0.05, 0.1) is 19.8 Å². The fourth-order valence-electron chi connectivity index (χ4n) is 0.696. The lowest BCUT2D eigenvalue weighted by Gasteiger charge is -2.10. The molecule has 0 fully saturated rings. The maximum atomic E-state index is 9.21. The van der Waals surface area contributed by atoms with E-state index in [1.807, 2.05) is 14.0 Å². The smallest absolute Gasteiger partial charge is 0.101 e. The molecule has 0 radical (unpaired) electrons. The summed E-state index contributed by atoms with van der Waals surface area (Å²) in [7, 11) is 1.86. The number of hydrogen-bond acceptors (Lipinski definition) is 4. The monoisotopic (exact) mass is 177 g/mol. The minimum atomic E-state index is -0.498. The van der Waals surface area contributed by atoms with Gasteiger partial charge in [-0.3, -0.25) is 0 Å². The lowest BCUT2D eigenvalue weighted by molar-refractivity contribution is -0.0150. The predicted octanol–water partition coefficient (Wildman–Crippen LogP) is -0.380. The Hall–Kier alpha value is -0.160. The zero-order valence-electron chi connectivity index (χ0n) is 7.88. The Morgan fingerprint density at radius 3 is 2.58 bits per heavy atom. The van der Waals surface area contributed by atoms with Crippen molar-refractivity contribution < 1.29 is 14.6 Å². The summed E-state index contributed by atoms with van der Waals surface area (Å²) in [6, 6.07) is 0. The molecule has 4 nitrogen and oxygen atoms in total. The lowest BCUT2D eigenvalue weighted by atomic mass is 10.4. The summed E-state index contributed by atoms with van der Waals surface area (Å²) in [6.07, 6.45) is -0.498. The first-order valence-electron chi connectivity index (χ1n) is 4.29. The van der Waals surface area contributed by atoms with Crippen molar-refractivity contribution in [1.82, 2.24) is 5.32 Å². The minimum absolute atomic E-state index is 0.349. The second kappa shape index (κ2) is 8.93. The first-order chi connectivity index (χ1) is 5.81. The highest BCUT2D eigenvalue weighted by atomic mass is 16.5. The molecule has 0 aliphatic carbocycles. The van der Waals surface area contributed by atoms with Crippen LogP contribution in [0.2, 0.25) is 0 Å². The largest absolute Gasteiger partial charge is 0.388 e. The van der Waals surface area contributed by atoms with Crippen molar-refractivity contribution in [3.63, 3.8) is 0 Å². The zero-order valence-corrected chi connectivity index (χ0v) is 7.88. The summed E-state index contributed by atoms with van der Waals surface area (Å²) in [5.74, 6) is 0. The lowest BCUT2D eigenvalue weighted by Crippen LogP contribution is -2.24. The van der Waals surface area contributed by atoms with E-state index in [0.29, 0.717) is 26.4 Å². The molecular formula is C8H19NO3. The molecule has 0 saturated carbocycles. The summed E-state index contributed by atoms with van der Waals surface area (Å²) < 4.78 is 10.1. The average molecular weight is 177 g/mol. The van der Waals surface area contributed by atoms with Gasteiger partial charge in [-0.15, -0.1) is 0 Å². The Bertz CT molecular complexity index is 90.4. The Balaban J connectivity index is 3.02. The van der Waals surface area contributed by atoms with Gasteiger partial charge in [0.2, 0.25) is 0 Å². The Labute approximate surface area is 73.9 Å². The van der Waals surface area contributed by atoms with Crippen molar-refractivity contribution in [3.8, 4) is 0 Å². The highest BCUT2D eigenvalue weighted by Crippen LogP contribution is 1.86. The summed E-state index contributed by atoms with van der Waals surface area (Å²) in [4.78, 5) is 0. The molecule has 74 valence electrons. The summed E-state index contributed by atoms with van der Waals surface area (Å²) in [6.45, 7) is 4.67. The van der Waals surface area contributed by atoms with Crippen LogP contribution in [-0.4, -0.2) is 51.2 Å². The number of likely N-dealkylation sites (N-methyl/N-ethyl adjacent to an activating group) is 1. The van der Waals surface area contributed by atoms with Crippen molar-refractivity contribution >= 4 is 0 Å². The van der Waals surface area contributed by atoms with Crippen LogP contribution in [0.5, 0.6) is 0 Å². The molecule has 12 heavy (non-hydrogen) atoms. The molecule has 0 amide bonds. The van der Waals surface area contributed by atoms with Crippen LogP contribution in [0.1, 0.15) is 6.92 Å². The fourth-order valence-corrected chi connectivity index (χ4v) is 0.696. The molecule has 0 rings (SSSR count). The Morgan fingerprint density at radius 1 is 1.33 bits per heavy atom. The predicted molar refractivity (Wildman–Crippen MR) is 47.2 cm³/mol. The van der Waals surface area contributed by atoms with Crippen molar-refractivity contribution in [2.75, 3.05) is 40.0 Å². The normalized spacial score (nSPS) is 13.2. The van der Waals surface area contributed by atoms with Crippen LogP contribution in [0.4, 0.5) is 0 Å². The molecular weight excluding hydrogens is 158 g/mol.